The number of rotatable bonds is 5. The van der Waals surface area contributed by atoms with E-state index < -0.39 is 0 Å². The number of hydrogen-bond donors (Lipinski definition) is 0. The van der Waals surface area contributed by atoms with E-state index in [1.807, 2.05) is 28.8 Å². The van der Waals surface area contributed by atoms with Gasteiger partial charge in [0.1, 0.15) is 17.5 Å². The number of hydrogen-bond acceptors (Lipinski definition) is 2. The van der Waals surface area contributed by atoms with Crippen molar-refractivity contribution in [3.8, 4) is 17.0 Å². The maximum atomic E-state index is 6.48. The van der Waals surface area contributed by atoms with Gasteiger partial charge >= 0.3 is 0 Å². The topological polar surface area (TPSA) is 26.5 Å². The van der Waals surface area contributed by atoms with Crippen LogP contribution >= 0.6 is 0 Å². The Morgan fingerprint density at radius 3 is 2.56 bits per heavy atom. The number of fused-ring (bicyclic) bond motifs is 1. The summed E-state index contributed by atoms with van der Waals surface area (Å²) in [6.07, 6.45) is 6.74. The molecule has 134 valence electrons. The molecule has 1 fully saturated rings. The lowest BCUT2D eigenvalue weighted by molar-refractivity contribution is 0.180. The molecule has 0 N–H and O–H groups in total. The van der Waals surface area contributed by atoms with E-state index in [0.29, 0.717) is 5.92 Å². The van der Waals surface area contributed by atoms with Crippen molar-refractivity contribution in [1.82, 2.24) is 9.38 Å². The van der Waals surface area contributed by atoms with Gasteiger partial charge in [-0.05, 0) is 61.2 Å². The molecule has 2 heterocycles. The molecule has 1 atom stereocenters. The predicted octanol–water partition coefficient (Wildman–Crippen LogP) is 5.84. The lowest BCUT2D eigenvalue weighted by Gasteiger charge is -2.21. The van der Waals surface area contributed by atoms with Crippen LogP contribution in [0.5, 0.6) is 5.75 Å². The summed E-state index contributed by atoms with van der Waals surface area (Å²) in [7, 11) is 0. The summed E-state index contributed by atoms with van der Waals surface area (Å²) in [5.74, 6) is 1.59. The summed E-state index contributed by atoms with van der Waals surface area (Å²) >= 11 is 0. The first-order valence-corrected chi connectivity index (χ1v) is 9.54. The third-order valence-electron chi connectivity index (χ3n) is 5.27. The zero-order valence-corrected chi connectivity index (χ0v) is 15.4. The Bertz CT molecular complexity index is 1050. The van der Waals surface area contributed by atoms with Crippen LogP contribution in [-0.4, -0.2) is 9.38 Å². The molecule has 4 aromatic rings. The quantitative estimate of drug-likeness (QED) is 0.450. The van der Waals surface area contributed by atoms with Gasteiger partial charge in [-0.1, -0.05) is 36.4 Å². The normalized spacial score (nSPS) is 15.0. The minimum atomic E-state index is 0.144. The minimum absolute atomic E-state index is 0.144. The smallest absolute Gasteiger partial charge is 0.137 e. The molecule has 3 nitrogen and oxygen atoms in total. The van der Waals surface area contributed by atoms with E-state index in [2.05, 4.69) is 61.7 Å². The fourth-order valence-electron chi connectivity index (χ4n) is 3.63. The summed E-state index contributed by atoms with van der Waals surface area (Å²) in [6.45, 7) is 2.11. The Morgan fingerprint density at radius 1 is 1.00 bits per heavy atom. The molecule has 0 radical (unpaired) electrons. The van der Waals surface area contributed by atoms with Crippen LogP contribution in [0.15, 0.2) is 79.1 Å². The standard InChI is InChI=1S/C24H22N2O/c1-17-15-20(21-16-26-14-6-5-9-23(26)25-21)12-13-22(17)27-24(19-10-11-19)18-7-3-2-4-8-18/h2-9,12-16,19,24H,10-11H2,1H3. The average molecular weight is 354 g/mol. The molecule has 3 heteroatoms. The lowest BCUT2D eigenvalue weighted by atomic mass is 10.0. The molecule has 2 aromatic carbocycles. The molecule has 2 aromatic heterocycles. The maximum absolute atomic E-state index is 6.48. The molecular formula is C24H22N2O. The van der Waals surface area contributed by atoms with Crippen LogP contribution in [0.3, 0.4) is 0 Å². The van der Waals surface area contributed by atoms with Crippen LogP contribution in [0.2, 0.25) is 0 Å². The third-order valence-corrected chi connectivity index (χ3v) is 5.27. The van der Waals surface area contributed by atoms with Crippen LogP contribution in [0.1, 0.15) is 30.1 Å². The van der Waals surface area contributed by atoms with E-state index in [1.165, 1.54) is 18.4 Å². The molecule has 0 spiro atoms. The molecule has 0 aliphatic heterocycles. The van der Waals surface area contributed by atoms with Crippen molar-refractivity contribution >= 4 is 5.65 Å². The van der Waals surface area contributed by atoms with Crippen molar-refractivity contribution in [3.63, 3.8) is 0 Å². The van der Waals surface area contributed by atoms with Crippen LogP contribution in [0.4, 0.5) is 0 Å². The van der Waals surface area contributed by atoms with Crippen LogP contribution in [0, 0.1) is 12.8 Å². The number of aromatic nitrogens is 2. The van der Waals surface area contributed by atoms with Gasteiger partial charge in [0.25, 0.3) is 0 Å². The third kappa shape index (κ3) is 3.21. The van der Waals surface area contributed by atoms with Gasteiger partial charge < -0.3 is 9.14 Å². The highest BCUT2D eigenvalue weighted by molar-refractivity contribution is 5.64. The van der Waals surface area contributed by atoms with Crippen molar-refractivity contribution in [2.75, 3.05) is 0 Å². The molecule has 5 rings (SSSR count). The second kappa shape index (κ2) is 6.58. The lowest BCUT2D eigenvalue weighted by Crippen LogP contribution is -2.10. The zero-order valence-electron chi connectivity index (χ0n) is 15.4. The van der Waals surface area contributed by atoms with Gasteiger partial charge in [-0.2, -0.15) is 0 Å². The van der Waals surface area contributed by atoms with Crippen LogP contribution < -0.4 is 4.74 Å². The molecular weight excluding hydrogens is 332 g/mol. The number of ether oxygens (including phenoxy) is 1. The highest BCUT2D eigenvalue weighted by atomic mass is 16.5. The number of aryl methyl sites for hydroxylation is 1. The molecule has 0 bridgehead atoms. The van der Waals surface area contributed by atoms with E-state index in [0.717, 1.165) is 28.2 Å². The van der Waals surface area contributed by atoms with E-state index in [-0.39, 0.29) is 6.10 Å². The summed E-state index contributed by atoms with van der Waals surface area (Å²) in [5, 5.41) is 0. The van der Waals surface area contributed by atoms with Crippen LogP contribution in [0.25, 0.3) is 16.9 Å². The Kier molecular flexibility index (Phi) is 3.93. The van der Waals surface area contributed by atoms with E-state index >= 15 is 0 Å². The first kappa shape index (κ1) is 16.1. The largest absolute Gasteiger partial charge is 0.485 e. The van der Waals surface area contributed by atoms with Gasteiger partial charge in [0.05, 0.1) is 5.69 Å². The van der Waals surface area contributed by atoms with Crippen molar-refractivity contribution in [3.05, 3.63) is 90.3 Å². The first-order valence-electron chi connectivity index (χ1n) is 9.54. The van der Waals surface area contributed by atoms with Crippen LogP contribution in [-0.2, 0) is 0 Å². The van der Waals surface area contributed by atoms with Gasteiger partial charge in [-0.25, -0.2) is 4.98 Å². The van der Waals surface area contributed by atoms with Crippen molar-refractivity contribution in [2.45, 2.75) is 25.9 Å². The molecule has 1 unspecified atom stereocenters. The SMILES string of the molecule is Cc1cc(-c2cn3ccccc3n2)ccc1OC(c1ccccc1)C1CC1. The second-order valence-electron chi connectivity index (χ2n) is 7.36. The van der Waals surface area contributed by atoms with Gasteiger partial charge in [0, 0.05) is 23.9 Å². The fraction of sp³-hybridized carbons (Fsp3) is 0.208. The van der Waals surface area contributed by atoms with Gasteiger partial charge in [-0.15, -0.1) is 0 Å². The first-order chi connectivity index (χ1) is 13.3. The van der Waals surface area contributed by atoms with Gasteiger partial charge in [-0.3, -0.25) is 0 Å². The number of imidazole rings is 1. The Morgan fingerprint density at radius 2 is 1.81 bits per heavy atom. The molecule has 0 amide bonds. The fourth-order valence-corrected chi connectivity index (χ4v) is 3.63. The highest BCUT2D eigenvalue weighted by Crippen LogP contribution is 2.44. The minimum Gasteiger partial charge on any atom is -0.485 e. The van der Waals surface area contributed by atoms with Crippen molar-refractivity contribution in [2.24, 2.45) is 5.92 Å². The second-order valence-corrected chi connectivity index (χ2v) is 7.36. The summed E-state index contributed by atoms with van der Waals surface area (Å²) in [5.41, 5.74) is 5.47. The summed E-state index contributed by atoms with van der Waals surface area (Å²) in [6, 6.07) is 23.0. The van der Waals surface area contributed by atoms with E-state index in [9.17, 15) is 0 Å². The highest BCUT2D eigenvalue weighted by Gasteiger charge is 2.34. The van der Waals surface area contributed by atoms with Crippen molar-refractivity contribution in [1.29, 1.82) is 0 Å². The number of benzene rings is 2. The van der Waals surface area contributed by atoms with Gasteiger partial charge in [0.2, 0.25) is 0 Å². The summed E-state index contributed by atoms with van der Waals surface area (Å²) in [4.78, 5) is 4.72. The van der Waals surface area contributed by atoms with E-state index in [1.54, 1.807) is 0 Å². The maximum Gasteiger partial charge on any atom is 0.137 e. The molecule has 1 aliphatic rings. The monoisotopic (exact) mass is 354 g/mol. The number of nitrogens with zero attached hydrogens (tertiary/aromatic N) is 2. The predicted molar refractivity (Wildman–Crippen MR) is 108 cm³/mol. The molecule has 0 saturated heterocycles. The summed E-state index contributed by atoms with van der Waals surface area (Å²) < 4.78 is 8.53. The molecule has 27 heavy (non-hydrogen) atoms. The number of pyridine rings is 1. The van der Waals surface area contributed by atoms with Gasteiger partial charge in [0.15, 0.2) is 0 Å². The average Bonchev–Trinajstić information content (AvgIpc) is 3.45. The molecule has 1 aliphatic carbocycles. The Hall–Kier alpha value is -3.07. The molecule has 1 saturated carbocycles. The van der Waals surface area contributed by atoms with Crippen molar-refractivity contribution < 1.29 is 4.74 Å². The Labute approximate surface area is 159 Å². The zero-order chi connectivity index (χ0) is 18.2. The van der Waals surface area contributed by atoms with E-state index in [4.69, 9.17) is 9.72 Å². The Balaban J connectivity index is 1.44.